The lowest BCUT2D eigenvalue weighted by atomic mass is 9.39. The van der Waals surface area contributed by atoms with E-state index in [1.54, 1.807) is 67.6 Å². The van der Waals surface area contributed by atoms with E-state index in [0.29, 0.717) is 24.0 Å². The first-order chi connectivity index (χ1) is 21.7. The van der Waals surface area contributed by atoms with Crippen molar-refractivity contribution >= 4 is 23.9 Å². The smallest absolute Gasteiger partial charge is 0.338 e. The lowest BCUT2D eigenvalue weighted by Gasteiger charge is -2.71. The van der Waals surface area contributed by atoms with Crippen molar-refractivity contribution in [2.24, 2.45) is 16.7 Å². The second kappa shape index (κ2) is 11.2. The molecule has 2 saturated heterocycles. The Labute approximate surface area is 268 Å². The van der Waals surface area contributed by atoms with Crippen molar-refractivity contribution < 1.29 is 48.0 Å². The van der Waals surface area contributed by atoms with Crippen LogP contribution in [0.2, 0.25) is 0 Å². The number of aliphatic hydroxyl groups is 1. The van der Waals surface area contributed by atoms with Gasteiger partial charge in [-0.15, -0.1) is 0 Å². The molecule has 46 heavy (non-hydrogen) atoms. The number of esters is 4. The zero-order valence-electron chi connectivity index (χ0n) is 26.9. The van der Waals surface area contributed by atoms with E-state index in [2.05, 4.69) is 0 Å². The third kappa shape index (κ3) is 4.92. The van der Waals surface area contributed by atoms with Crippen LogP contribution in [0.5, 0.6) is 0 Å². The minimum Gasteiger partial charge on any atom is -0.462 e. The van der Waals surface area contributed by atoms with Gasteiger partial charge < -0.3 is 28.8 Å². The van der Waals surface area contributed by atoms with Crippen molar-refractivity contribution in [1.82, 2.24) is 0 Å². The summed E-state index contributed by atoms with van der Waals surface area (Å²) in [5.74, 6) is -2.46. The van der Waals surface area contributed by atoms with Crippen LogP contribution in [-0.4, -0.2) is 70.7 Å². The summed E-state index contributed by atoms with van der Waals surface area (Å²) in [6, 6.07) is 17.2. The summed E-state index contributed by atoms with van der Waals surface area (Å²) in [5.41, 5.74) is -5.24. The van der Waals surface area contributed by atoms with Crippen molar-refractivity contribution in [3.63, 3.8) is 0 Å². The van der Waals surface area contributed by atoms with Gasteiger partial charge in [-0.2, -0.15) is 0 Å². The minimum absolute atomic E-state index is 0.00205. The molecule has 2 heterocycles. The zero-order valence-corrected chi connectivity index (χ0v) is 26.9. The van der Waals surface area contributed by atoms with Gasteiger partial charge in [0, 0.05) is 30.6 Å². The number of carbonyl (C=O) groups is 4. The molecule has 2 saturated carbocycles. The molecule has 10 heteroatoms. The summed E-state index contributed by atoms with van der Waals surface area (Å²) in [6.45, 7) is 8.77. The normalized spacial score (nSPS) is 39.8. The quantitative estimate of drug-likeness (QED) is 0.361. The minimum atomic E-state index is -1.70. The third-order valence-corrected chi connectivity index (χ3v) is 11.7. The highest BCUT2D eigenvalue weighted by molar-refractivity contribution is 5.90. The van der Waals surface area contributed by atoms with E-state index < -0.39 is 75.7 Å². The summed E-state index contributed by atoms with van der Waals surface area (Å²) in [7, 11) is 0. The van der Waals surface area contributed by atoms with Crippen LogP contribution in [0.1, 0.15) is 87.4 Å². The maximum Gasteiger partial charge on any atom is 0.338 e. The number of hydrogen-bond acceptors (Lipinski definition) is 10. The van der Waals surface area contributed by atoms with Gasteiger partial charge in [-0.05, 0) is 56.9 Å². The molecule has 9 atom stereocenters. The second-order valence-electron chi connectivity index (χ2n) is 14.2. The van der Waals surface area contributed by atoms with E-state index in [9.17, 15) is 24.3 Å². The average molecular weight is 635 g/mol. The monoisotopic (exact) mass is 634 g/mol. The Hall–Kier alpha value is -3.76. The van der Waals surface area contributed by atoms with Crippen LogP contribution in [0.3, 0.4) is 0 Å². The first kappa shape index (κ1) is 32.2. The van der Waals surface area contributed by atoms with Crippen LogP contribution in [0.4, 0.5) is 0 Å². The summed E-state index contributed by atoms with van der Waals surface area (Å²) >= 11 is 0. The third-order valence-electron chi connectivity index (χ3n) is 11.7. The van der Waals surface area contributed by atoms with E-state index in [4.69, 9.17) is 23.7 Å². The van der Waals surface area contributed by atoms with Gasteiger partial charge in [0.2, 0.25) is 0 Å². The Morgan fingerprint density at radius 3 is 1.83 bits per heavy atom. The van der Waals surface area contributed by atoms with Crippen molar-refractivity contribution in [2.75, 3.05) is 6.61 Å². The van der Waals surface area contributed by atoms with Crippen molar-refractivity contribution in [3.8, 4) is 0 Å². The van der Waals surface area contributed by atoms with Crippen LogP contribution in [0, 0.1) is 16.7 Å². The van der Waals surface area contributed by atoms with Gasteiger partial charge in [0.1, 0.15) is 36.1 Å². The van der Waals surface area contributed by atoms with E-state index in [-0.39, 0.29) is 25.9 Å². The van der Waals surface area contributed by atoms with E-state index in [0.717, 1.165) is 0 Å². The highest BCUT2D eigenvalue weighted by atomic mass is 16.6. The van der Waals surface area contributed by atoms with Gasteiger partial charge in [-0.3, -0.25) is 9.59 Å². The fourth-order valence-electron chi connectivity index (χ4n) is 9.03. The highest BCUT2D eigenvalue weighted by Gasteiger charge is 2.77. The Morgan fingerprint density at radius 2 is 1.30 bits per heavy atom. The molecule has 2 aromatic rings. The summed E-state index contributed by atoms with van der Waals surface area (Å²) in [4.78, 5) is 51.9. The van der Waals surface area contributed by atoms with Gasteiger partial charge in [-0.25, -0.2) is 9.59 Å². The van der Waals surface area contributed by atoms with E-state index in [1.807, 2.05) is 20.8 Å². The van der Waals surface area contributed by atoms with Crippen LogP contribution in [-0.2, 0) is 33.3 Å². The molecule has 0 radical (unpaired) electrons. The maximum absolute atomic E-state index is 13.7. The largest absolute Gasteiger partial charge is 0.462 e. The molecular formula is C36H42O10. The molecule has 1 spiro atoms. The van der Waals surface area contributed by atoms with Crippen LogP contribution in [0.15, 0.2) is 60.7 Å². The lowest BCUT2D eigenvalue weighted by molar-refractivity contribution is -0.363. The van der Waals surface area contributed by atoms with Crippen LogP contribution in [0.25, 0.3) is 0 Å². The van der Waals surface area contributed by atoms with Crippen LogP contribution < -0.4 is 0 Å². The molecule has 2 aromatic carbocycles. The molecule has 6 rings (SSSR count). The van der Waals surface area contributed by atoms with E-state index >= 15 is 0 Å². The number of carbonyl (C=O) groups excluding carboxylic acids is 4. The molecule has 4 fully saturated rings. The Morgan fingerprint density at radius 1 is 0.761 bits per heavy atom. The number of hydrogen-bond donors (Lipinski definition) is 1. The molecule has 0 amide bonds. The molecule has 246 valence electrons. The van der Waals surface area contributed by atoms with Crippen molar-refractivity contribution in [3.05, 3.63) is 71.8 Å². The molecular weight excluding hydrogens is 592 g/mol. The average Bonchev–Trinajstić information content (AvgIpc) is 3.36. The predicted molar refractivity (Wildman–Crippen MR) is 163 cm³/mol. The Balaban J connectivity index is 1.45. The van der Waals surface area contributed by atoms with E-state index in [1.165, 1.54) is 6.92 Å². The maximum atomic E-state index is 13.7. The van der Waals surface area contributed by atoms with Gasteiger partial charge >= 0.3 is 23.9 Å². The van der Waals surface area contributed by atoms with Gasteiger partial charge in [0.05, 0.1) is 23.1 Å². The number of fused-ring (bicyclic) bond motifs is 3. The summed E-state index contributed by atoms with van der Waals surface area (Å²) in [5, 5.41) is 12.7. The predicted octanol–water partition coefficient (Wildman–Crippen LogP) is 4.81. The first-order valence-corrected chi connectivity index (χ1v) is 15.9. The molecule has 0 unspecified atom stereocenters. The molecule has 4 aliphatic rings. The molecule has 2 aliphatic carbocycles. The Kier molecular flexibility index (Phi) is 7.83. The summed E-state index contributed by atoms with van der Waals surface area (Å²) < 4.78 is 30.8. The van der Waals surface area contributed by atoms with Crippen LogP contribution >= 0.6 is 0 Å². The number of rotatable bonds is 5. The fraction of sp³-hybridized carbons (Fsp3) is 0.556. The molecule has 0 bridgehead atoms. The first-order valence-electron chi connectivity index (χ1n) is 15.9. The van der Waals surface area contributed by atoms with Gasteiger partial charge in [0.25, 0.3) is 0 Å². The number of cyclic esters (lactones) is 1. The van der Waals surface area contributed by atoms with Gasteiger partial charge in [0.15, 0.2) is 0 Å². The molecule has 1 N–H and O–H groups in total. The second-order valence-corrected chi connectivity index (χ2v) is 14.2. The van der Waals surface area contributed by atoms with Gasteiger partial charge in [-0.1, -0.05) is 50.2 Å². The topological polar surface area (TPSA) is 135 Å². The molecule has 2 aliphatic heterocycles. The highest BCUT2D eigenvalue weighted by Crippen LogP contribution is 2.70. The standard InChI is InChI=1S/C36H42O10/c1-22(37)43-28-19-36(20-29(38)42-21-36)46-32(2)18-27(45-31(40)24-14-10-7-11-15-24)34(4)25(33(28,32)3)16-17-26(35(34,5)41)44-30(39)23-12-8-6-9-13-23/h6-15,25-28,41H,16-21H2,1-5H3/t25-,26-,27+,28+,32+,33+,34+,35+,36-/m1/s1. The molecule has 10 nitrogen and oxygen atoms in total. The number of ether oxygens (including phenoxy) is 5. The fourth-order valence-corrected chi connectivity index (χ4v) is 9.03. The van der Waals surface area contributed by atoms with Crippen molar-refractivity contribution in [1.29, 1.82) is 0 Å². The Bertz CT molecular complexity index is 1520. The lowest BCUT2D eigenvalue weighted by Crippen LogP contribution is -2.79. The number of benzene rings is 2. The molecule has 0 aromatic heterocycles. The van der Waals surface area contributed by atoms with Crippen molar-refractivity contribution in [2.45, 2.75) is 102 Å². The SMILES string of the molecule is CC(=O)O[C@H]1C[C@@]2(COC(=O)C2)O[C@@]2(C)C[C@H](OC(=O)c3ccccc3)[C@]3(C)[C@H](CC[C@@H](OC(=O)c4ccccc4)[C@]3(C)O)[C@@]12C. The summed E-state index contributed by atoms with van der Waals surface area (Å²) in [6.07, 6.45) is -1.50. The zero-order chi connectivity index (χ0) is 33.1.